The van der Waals surface area contributed by atoms with Crippen LogP contribution < -0.4 is 0 Å². The van der Waals surface area contributed by atoms with Crippen molar-refractivity contribution in [2.24, 2.45) is 0 Å². The Bertz CT molecular complexity index is 701. The minimum Gasteiger partial charge on any atom is -0.369 e. The molecular weight excluding hydrogens is 292 g/mol. The number of imidazole rings is 1. The number of rotatable bonds is 1. The predicted molar refractivity (Wildman–Crippen MR) is 76.3 cm³/mol. The van der Waals surface area contributed by atoms with E-state index < -0.39 is 0 Å². The van der Waals surface area contributed by atoms with Crippen LogP contribution in [0.5, 0.6) is 0 Å². The number of ether oxygens (including phenoxy) is 1. The minimum absolute atomic E-state index is 0.0801. The number of amides is 1. The zero-order valence-electron chi connectivity index (χ0n) is 11.4. The second-order valence-electron chi connectivity index (χ2n) is 5.58. The van der Waals surface area contributed by atoms with Gasteiger partial charge >= 0.3 is 0 Å². The molecule has 2 aliphatic rings. The Morgan fingerprint density at radius 1 is 1.33 bits per heavy atom. The number of piperidine rings is 1. The summed E-state index contributed by atoms with van der Waals surface area (Å²) in [5, 5.41) is 0.451. The number of hydrogen-bond acceptors (Lipinski definition) is 4. The van der Waals surface area contributed by atoms with Gasteiger partial charge in [-0.2, -0.15) is 0 Å². The molecule has 0 unspecified atom stereocenters. The molecule has 7 heteroatoms. The molecule has 6 nitrogen and oxygen atoms in total. The normalized spacial score (nSPS) is 26.1. The van der Waals surface area contributed by atoms with E-state index in [2.05, 4.69) is 9.97 Å². The highest BCUT2D eigenvalue weighted by molar-refractivity contribution is 6.32. The molecule has 0 aliphatic carbocycles. The molecular formula is C14H15ClN4O2. The highest BCUT2D eigenvalue weighted by Crippen LogP contribution is 2.32. The molecule has 2 aromatic rings. The molecule has 2 fully saturated rings. The van der Waals surface area contributed by atoms with Gasteiger partial charge in [0.1, 0.15) is 17.9 Å². The van der Waals surface area contributed by atoms with Crippen molar-refractivity contribution in [2.45, 2.75) is 24.8 Å². The van der Waals surface area contributed by atoms with E-state index in [1.165, 1.54) is 0 Å². The largest absolute Gasteiger partial charge is 0.369 e. The maximum Gasteiger partial charge on any atom is 0.248 e. The molecule has 4 heterocycles. The lowest BCUT2D eigenvalue weighted by atomic mass is 9.91. The monoisotopic (exact) mass is 306 g/mol. The van der Waals surface area contributed by atoms with Crippen molar-refractivity contribution in [1.29, 1.82) is 0 Å². The average Bonchev–Trinajstić information content (AvgIpc) is 2.93. The summed E-state index contributed by atoms with van der Waals surface area (Å²) in [7, 11) is 0. The summed E-state index contributed by atoms with van der Waals surface area (Å²) in [5.74, 6) is 1.26. The van der Waals surface area contributed by atoms with Crippen LogP contribution in [0.2, 0.25) is 5.15 Å². The SMILES string of the molecule is O=C1COC[C@@H]2CC[C@@H](c3ncc4c(Cl)nccn34)CN12. The Labute approximate surface area is 126 Å². The van der Waals surface area contributed by atoms with Crippen LogP contribution in [0.4, 0.5) is 0 Å². The second kappa shape index (κ2) is 4.96. The molecule has 2 atom stereocenters. The highest BCUT2D eigenvalue weighted by Gasteiger charge is 2.36. The third-order valence-electron chi connectivity index (χ3n) is 4.37. The first kappa shape index (κ1) is 13.0. The second-order valence-corrected chi connectivity index (χ2v) is 5.94. The Morgan fingerprint density at radius 3 is 3.14 bits per heavy atom. The van der Waals surface area contributed by atoms with Crippen LogP contribution in [-0.4, -0.2) is 51.0 Å². The molecule has 110 valence electrons. The van der Waals surface area contributed by atoms with E-state index >= 15 is 0 Å². The predicted octanol–water partition coefficient (Wildman–Crippen LogP) is 1.49. The van der Waals surface area contributed by atoms with E-state index in [4.69, 9.17) is 16.3 Å². The third kappa shape index (κ3) is 2.10. The van der Waals surface area contributed by atoms with E-state index in [9.17, 15) is 4.79 Å². The number of halogens is 1. The number of hydrogen-bond donors (Lipinski definition) is 0. The van der Waals surface area contributed by atoms with E-state index in [1.54, 1.807) is 12.4 Å². The molecule has 21 heavy (non-hydrogen) atoms. The molecule has 2 saturated heterocycles. The zero-order chi connectivity index (χ0) is 14.4. The van der Waals surface area contributed by atoms with Gasteiger partial charge in [0, 0.05) is 24.9 Å². The lowest BCUT2D eigenvalue weighted by molar-refractivity contribution is -0.150. The summed E-state index contributed by atoms with van der Waals surface area (Å²) in [6, 6.07) is 0.221. The third-order valence-corrected chi connectivity index (χ3v) is 4.66. The van der Waals surface area contributed by atoms with Crippen LogP contribution in [0, 0.1) is 0 Å². The summed E-state index contributed by atoms with van der Waals surface area (Å²) >= 11 is 6.09. The Morgan fingerprint density at radius 2 is 2.24 bits per heavy atom. The fourth-order valence-electron chi connectivity index (χ4n) is 3.30. The number of nitrogens with zero attached hydrogens (tertiary/aromatic N) is 4. The smallest absolute Gasteiger partial charge is 0.248 e. The van der Waals surface area contributed by atoms with Gasteiger partial charge in [-0.25, -0.2) is 9.97 Å². The number of fused-ring (bicyclic) bond motifs is 2. The summed E-state index contributed by atoms with van der Waals surface area (Å²) in [5.41, 5.74) is 0.810. The first-order chi connectivity index (χ1) is 10.2. The maximum atomic E-state index is 12.0. The number of morpholine rings is 1. The standard InChI is InChI=1S/C14H15ClN4O2/c15-13-11-5-17-14(18(11)4-3-16-13)9-1-2-10-7-21-8-12(20)19(10)6-9/h3-5,9-10H,1-2,6-8H2/t9-,10+/m1/s1. The lowest BCUT2D eigenvalue weighted by Crippen LogP contribution is -2.53. The molecule has 2 aromatic heterocycles. The van der Waals surface area contributed by atoms with Crippen molar-refractivity contribution in [2.75, 3.05) is 19.8 Å². The lowest BCUT2D eigenvalue weighted by Gasteiger charge is -2.41. The van der Waals surface area contributed by atoms with Gasteiger partial charge in [0.25, 0.3) is 0 Å². The molecule has 2 aliphatic heterocycles. The fourth-order valence-corrected chi connectivity index (χ4v) is 3.50. The molecule has 1 amide bonds. The molecule has 4 rings (SSSR count). The van der Waals surface area contributed by atoms with Crippen LogP contribution in [0.1, 0.15) is 24.6 Å². The first-order valence-corrected chi connectivity index (χ1v) is 7.46. The quantitative estimate of drug-likeness (QED) is 0.801. The Hall–Kier alpha value is -1.66. The van der Waals surface area contributed by atoms with E-state index in [-0.39, 0.29) is 24.5 Å². The molecule has 0 aromatic carbocycles. The number of aromatic nitrogens is 3. The first-order valence-electron chi connectivity index (χ1n) is 7.08. The molecule has 0 radical (unpaired) electrons. The van der Waals surface area contributed by atoms with E-state index in [0.717, 1.165) is 24.2 Å². The van der Waals surface area contributed by atoms with Crippen molar-refractivity contribution in [3.05, 3.63) is 29.6 Å². The van der Waals surface area contributed by atoms with Gasteiger partial charge < -0.3 is 9.64 Å². The van der Waals surface area contributed by atoms with Crippen LogP contribution in [0.3, 0.4) is 0 Å². The maximum absolute atomic E-state index is 12.0. The molecule has 0 bridgehead atoms. The highest BCUT2D eigenvalue weighted by atomic mass is 35.5. The number of carbonyl (C=O) groups is 1. The van der Waals surface area contributed by atoms with Gasteiger partial charge in [0.2, 0.25) is 5.91 Å². The van der Waals surface area contributed by atoms with Gasteiger partial charge in [0.15, 0.2) is 5.15 Å². The number of carbonyl (C=O) groups excluding carboxylic acids is 1. The summed E-state index contributed by atoms with van der Waals surface area (Å²) < 4.78 is 7.30. The van der Waals surface area contributed by atoms with Crippen molar-refractivity contribution < 1.29 is 9.53 Å². The van der Waals surface area contributed by atoms with Crippen molar-refractivity contribution in [1.82, 2.24) is 19.3 Å². The minimum atomic E-state index is 0.0801. The molecule has 0 N–H and O–H groups in total. The summed E-state index contributed by atoms with van der Waals surface area (Å²) in [6.45, 7) is 1.55. The Kier molecular flexibility index (Phi) is 3.08. The average molecular weight is 307 g/mol. The van der Waals surface area contributed by atoms with Gasteiger partial charge in [-0.3, -0.25) is 9.20 Å². The van der Waals surface area contributed by atoms with Crippen molar-refractivity contribution >= 4 is 23.0 Å². The van der Waals surface area contributed by atoms with Crippen molar-refractivity contribution in [3.63, 3.8) is 0 Å². The van der Waals surface area contributed by atoms with E-state index in [0.29, 0.717) is 18.3 Å². The molecule has 0 saturated carbocycles. The van der Waals surface area contributed by atoms with Crippen LogP contribution in [0.15, 0.2) is 18.6 Å². The van der Waals surface area contributed by atoms with Gasteiger partial charge in [0.05, 0.1) is 18.8 Å². The van der Waals surface area contributed by atoms with Crippen molar-refractivity contribution in [3.8, 4) is 0 Å². The summed E-state index contributed by atoms with van der Waals surface area (Å²) in [6.07, 6.45) is 7.24. The van der Waals surface area contributed by atoms with Crippen LogP contribution in [-0.2, 0) is 9.53 Å². The Balaban J connectivity index is 1.67. The molecule has 0 spiro atoms. The fraction of sp³-hybridized carbons (Fsp3) is 0.500. The van der Waals surface area contributed by atoms with Gasteiger partial charge in [-0.15, -0.1) is 0 Å². The topological polar surface area (TPSA) is 59.7 Å². The van der Waals surface area contributed by atoms with Gasteiger partial charge in [-0.05, 0) is 12.8 Å². The van der Waals surface area contributed by atoms with E-state index in [1.807, 2.05) is 15.5 Å². The van der Waals surface area contributed by atoms with Crippen LogP contribution in [0.25, 0.3) is 5.52 Å². The zero-order valence-corrected chi connectivity index (χ0v) is 12.2. The van der Waals surface area contributed by atoms with Crippen LogP contribution >= 0.6 is 11.6 Å². The summed E-state index contributed by atoms with van der Waals surface area (Å²) in [4.78, 5) is 22.5. The van der Waals surface area contributed by atoms with Gasteiger partial charge in [-0.1, -0.05) is 11.6 Å².